The van der Waals surface area contributed by atoms with Crippen molar-refractivity contribution < 1.29 is 8.42 Å². The molecule has 2 rings (SSSR count). The molecule has 3 N–H and O–H groups in total. The summed E-state index contributed by atoms with van der Waals surface area (Å²) in [7, 11) is -3.61. The van der Waals surface area contributed by atoms with Gasteiger partial charge in [0.2, 0.25) is 0 Å². The molecule has 2 aromatic rings. The number of hydrogen-bond acceptors (Lipinski definition) is 5. The number of sulfonamides is 1. The minimum atomic E-state index is -3.61. The van der Waals surface area contributed by atoms with Gasteiger partial charge in [-0.05, 0) is 12.1 Å². The van der Waals surface area contributed by atoms with Gasteiger partial charge in [0.25, 0.3) is 10.0 Å². The summed E-state index contributed by atoms with van der Waals surface area (Å²) in [4.78, 5) is 3.54. The van der Waals surface area contributed by atoms with Crippen molar-refractivity contribution in [2.24, 2.45) is 5.14 Å². The zero-order chi connectivity index (χ0) is 11.1. The predicted octanol–water partition coefficient (Wildman–Crippen LogP) is -0.466. The Hall–Kier alpha value is -1.80. The van der Waals surface area contributed by atoms with Gasteiger partial charge >= 0.3 is 0 Å². The molecule has 0 amide bonds. The minimum Gasteiger partial charge on any atom is -0.266 e. The van der Waals surface area contributed by atoms with Crippen molar-refractivity contribution in [1.82, 2.24) is 20.4 Å². The van der Waals surface area contributed by atoms with Crippen LogP contribution in [0, 0.1) is 0 Å². The Bertz CT molecular complexity index is 450. The molecule has 0 radical (unpaired) electrons. The molecule has 15 heavy (non-hydrogen) atoms. The van der Waals surface area contributed by atoms with E-state index in [0.717, 1.165) is 0 Å². The molecule has 80 valence electrons. The van der Waals surface area contributed by atoms with Crippen LogP contribution >= 0.6 is 0 Å². The van der Waals surface area contributed by atoms with Gasteiger partial charge in [0.1, 0.15) is 0 Å². The van der Waals surface area contributed by atoms with Gasteiger partial charge in [-0.2, -0.15) is 0 Å². The third-order valence-electron chi connectivity index (χ3n) is 1.26. The topological polar surface area (TPSA) is 115 Å². The van der Waals surface area contributed by atoms with Crippen LogP contribution in [0.15, 0.2) is 41.8 Å². The third-order valence-corrected chi connectivity index (χ3v) is 2.08. The van der Waals surface area contributed by atoms with Gasteiger partial charge < -0.3 is 0 Å². The third kappa shape index (κ3) is 4.29. The number of rotatable bonds is 1. The fraction of sp³-hybridized carbons (Fsp3) is 0. The van der Waals surface area contributed by atoms with E-state index in [9.17, 15) is 8.42 Å². The first kappa shape index (κ1) is 11.3. The molecule has 0 saturated heterocycles. The standard InChI is InChI=1S/C5H6N2O2S.C2H3N3/c6-10(8,9)5-3-1-2-4-7-5;1-2-4-5-3-1/h1-4H,(H2,6,8,9);1-2H,(H,3,4,5). The molecular formula is C7H9N5O2S. The molecule has 0 atom stereocenters. The SMILES string of the molecule is NS(=O)(=O)c1ccccn1.c1c[nH]nn1. The lowest BCUT2D eigenvalue weighted by atomic mass is 10.5. The summed E-state index contributed by atoms with van der Waals surface area (Å²) in [5.41, 5.74) is 0. The Morgan fingerprint density at radius 2 is 2.07 bits per heavy atom. The fourth-order valence-corrected chi connectivity index (χ4v) is 1.16. The van der Waals surface area contributed by atoms with Gasteiger partial charge in [0.05, 0.1) is 6.20 Å². The van der Waals surface area contributed by atoms with Crippen molar-refractivity contribution in [3.63, 3.8) is 0 Å². The van der Waals surface area contributed by atoms with E-state index in [2.05, 4.69) is 20.4 Å². The number of nitrogens with zero attached hydrogens (tertiary/aromatic N) is 3. The summed E-state index contributed by atoms with van der Waals surface area (Å²) in [6, 6.07) is 4.52. The van der Waals surface area contributed by atoms with Crippen LogP contribution in [-0.4, -0.2) is 28.8 Å². The van der Waals surface area contributed by atoms with Crippen molar-refractivity contribution in [3.05, 3.63) is 36.8 Å². The monoisotopic (exact) mass is 227 g/mol. The maximum atomic E-state index is 10.5. The predicted molar refractivity (Wildman–Crippen MR) is 52.0 cm³/mol. The Labute approximate surface area is 86.4 Å². The summed E-state index contributed by atoms with van der Waals surface area (Å²) in [5, 5.41) is 13.9. The van der Waals surface area contributed by atoms with Crippen LogP contribution in [0.5, 0.6) is 0 Å². The maximum absolute atomic E-state index is 10.5. The highest BCUT2D eigenvalue weighted by Crippen LogP contribution is 1.98. The summed E-state index contributed by atoms with van der Waals surface area (Å²) < 4.78 is 21.1. The molecule has 0 aliphatic heterocycles. The molecule has 2 heterocycles. The van der Waals surface area contributed by atoms with Gasteiger partial charge in [-0.1, -0.05) is 11.3 Å². The first-order chi connectivity index (χ1) is 7.11. The lowest BCUT2D eigenvalue weighted by Crippen LogP contribution is -2.13. The summed E-state index contributed by atoms with van der Waals surface area (Å²) >= 11 is 0. The quantitative estimate of drug-likeness (QED) is 0.683. The fourth-order valence-electron chi connectivity index (χ4n) is 0.682. The van der Waals surface area contributed by atoms with Gasteiger partial charge in [-0.25, -0.2) is 18.5 Å². The van der Waals surface area contributed by atoms with E-state index >= 15 is 0 Å². The second-order valence-corrected chi connectivity index (χ2v) is 3.88. The minimum absolute atomic E-state index is 0.102. The van der Waals surface area contributed by atoms with Crippen LogP contribution in [0.3, 0.4) is 0 Å². The number of aromatic nitrogens is 4. The second kappa shape index (κ2) is 5.17. The van der Waals surface area contributed by atoms with Crippen LogP contribution in [0.4, 0.5) is 0 Å². The van der Waals surface area contributed by atoms with E-state index in [0.29, 0.717) is 0 Å². The zero-order valence-electron chi connectivity index (χ0n) is 7.61. The molecule has 0 unspecified atom stereocenters. The lowest BCUT2D eigenvalue weighted by molar-refractivity contribution is 0.594. The molecule has 0 aliphatic rings. The Kier molecular flexibility index (Phi) is 3.89. The Morgan fingerprint density at radius 3 is 2.33 bits per heavy atom. The number of primary sulfonamides is 1. The van der Waals surface area contributed by atoms with Crippen LogP contribution in [0.25, 0.3) is 0 Å². The van der Waals surface area contributed by atoms with E-state index in [1.165, 1.54) is 12.3 Å². The van der Waals surface area contributed by atoms with E-state index in [1.54, 1.807) is 24.5 Å². The molecule has 0 fully saturated rings. The van der Waals surface area contributed by atoms with Crippen molar-refractivity contribution in [1.29, 1.82) is 0 Å². The van der Waals surface area contributed by atoms with Crippen LogP contribution in [0.2, 0.25) is 0 Å². The Balaban J connectivity index is 0.000000187. The molecule has 8 heteroatoms. The molecule has 0 aliphatic carbocycles. The second-order valence-electron chi connectivity index (χ2n) is 2.37. The lowest BCUT2D eigenvalue weighted by Gasteiger charge is -1.92. The average Bonchev–Trinajstić information content (AvgIpc) is 2.76. The largest absolute Gasteiger partial charge is 0.266 e. The molecule has 0 saturated carbocycles. The normalized spacial score (nSPS) is 10.2. The van der Waals surface area contributed by atoms with Crippen LogP contribution in [0.1, 0.15) is 0 Å². The van der Waals surface area contributed by atoms with Crippen LogP contribution < -0.4 is 5.14 Å². The smallest absolute Gasteiger partial charge is 0.255 e. The van der Waals surface area contributed by atoms with Gasteiger partial charge in [0.15, 0.2) is 5.03 Å². The van der Waals surface area contributed by atoms with Crippen molar-refractivity contribution in [2.75, 3.05) is 0 Å². The summed E-state index contributed by atoms with van der Waals surface area (Å²) in [5.74, 6) is 0. The molecule has 7 nitrogen and oxygen atoms in total. The number of nitrogens with one attached hydrogen (secondary N) is 1. The van der Waals surface area contributed by atoms with Crippen molar-refractivity contribution >= 4 is 10.0 Å². The van der Waals surface area contributed by atoms with E-state index in [1.807, 2.05) is 0 Å². The maximum Gasteiger partial charge on any atom is 0.255 e. The Morgan fingerprint density at radius 1 is 1.27 bits per heavy atom. The molecule has 0 aromatic carbocycles. The number of nitrogens with two attached hydrogens (primary N) is 1. The van der Waals surface area contributed by atoms with Crippen molar-refractivity contribution in [3.8, 4) is 0 Å². The summed E-state index contributed by atoms with van der Waals surface area (Å²) in [6.07, 6.45) is 4.61. The van der Waals surface area contributed by atoms with Crippen molar-refractivity contribution in [2.45, 2.75) is 5.03 Å². The molecule has 0 bridgehead atoms. The first-order valence-corrected chi connectivity index (χ1v) is 5.39. The number of aromatic amines is 1. The van der Waals surface area contributed by atoms with Gasteiger partial charge in [0, 0.05) is 12.4 Å². The highest BCUT2D eigenvalue weighted by molar-refractivity contribution is 7.89. The number of H-pyrrole nitrogens is 1. The molecule has 0 spiro atoms. The number of pyridine rings is 1. The van der Waals surface area contributed by atoms with Gasteiger partial charge in [-0.3, -0.25) is 5.10 Å². The average molecular weight is 227 g/mol. The number of hydrogen-bond donors (Lipinski definition) is 2. The van der Waals surface area contributed by atoms with E-state index in [4.69, 9.17) is 5.14 Å². The highest BCUT2D eigenvalue weighted by atomic mass is 32.2. The molecular weight excluding hydrogens is 218 g/mol. The highest BCUT2D eigenvalue weighted by Gasteiger charge is 2.05. The molecule has 2 aromatic heterocycles. The summed E-state index contributed by atoms with van der Waals surface area (Å²) in [6.45, 7) is 0. The van der Waals surface area contributed by atoms with Crippen LogP contribution in [-0.2, 0) is 10.0 Å². The first-order valence-electron chi connectivity index (χ1n) is 3.85. The zero-order valence-corrected chi connectivity index (χ0v) is 8.42. The van der Waals surface area contributed by atoms with E-state index < -0.39 is 10.0 Å². The van der Waals surface area contributed by atoms with Gasteiger partial charge in [-0.15, -0.1) is 5.10 Å². The van der Waals surface area contributed by atoms with E-state index in [-0.39, 0.29) is 5.03 Å².